The van der Waals surface area contributed by atoms with Crippen molar-refractivity contribution in [3.8, 4) is 5.75 Å². The number of benzene rings is 1. The second-order valence-corrected chi connectivity index (χ2v) is 7.01. The summed E-state index contributed by atoms with van der Waals surface area (Å²) < 4.78 is 6.05. The van der Waals surface area contributed by atoms with E-state index in [0.29, 0.717) is 0 Å². The van der Waals surface area contributed by atoms with Crippen LogP contribution >= 0.6 is 0 Å². The Bertz CT molecular complexity index is 496. The number of hydrogen-bond acceptors (Lipinski definition) is 2. The highest BCUT2D eigenvalue weighted by atomic mass is 16.5. The first kappa shape index (κ1) is 12.7. The average molecular weight is 272 g/mol. The molecule has 0 amide bonds. The summed E-state index contributed by atoms with van der Waals surface area (Å²) in [6.45, 7) is 0.871. The first-order valence-corrected chi connectivity index (χ1v) is 8.23. The van der Waals surface area contributed by atoms with Crippen LogP contribution in [0.3, 0.4) is 0 Å². The van der Waals surface area contributed by atoms with Gasteiger partial charge in [-0.3, -0.25) is 0 Å². The quantitative estimate of drug-likeness (QED) is 0.905. The molecule has 4 rings (SSSR count). The molecule has 2 nitrogen and oxygen atoms in total. The van der Waals surface area contributed by atoms with E-state index in [1.165, 1.54) is 31.2 Å². The lowest BCUT2D eigenvalue weighted by molar-refractivity contribution is 0.155. The summed E-state index contributed by atoms with van der Waals surface area (Å²) in [7, 11) is 0. The maximum atomic E-state index is 10.1. The topological polar surface area (TPSA) is 29.5 Å². The summed E-state index contributed by atoms with van der Waals surface area (Å²) in [6, 6.07) is 6.31. The van der Waals surface area contributed by atoms with Gasteiger partial charge in [0.05, 0.1) is 12.7 Å². The Balaban J connectivity index is 1.43. The number of fused-ring (bicyclic) bond motifs is 3. The standard InChI is InChI=1S/C18H24O2/c19-18-3-1-2-13-6-7-16(10-17(13)18)20-11-15-9-12-4-5-14(15)8-12/h6-7,10,12,14-15,18-19H,1-5,8-9,11H2. The highest BCUT2D eigenvalue weighted by molar-refractivity contribution is 5.38. The molecule has 0 heterocycles. The van der Waals surface area contributed by atoms with Crippen LogP contribution in [-0.2, 0) is 6.42 Å². The fraction of sp³-hybridized carbons (Fsp3) is 0.667. The van der Waals surface area contributed by atoms with Crippen LogP contribution < -0.4 is 4.74 Å². The molecular weight excluding hydrogens is 248 g/mol. The van der Waals surface area contributed by atoms with Gasteiger partial charge in [-0.05, 0) is 79.5 Å². The summed E-state index contributed by atoms with van der Waals surface area (Å²) in [4.78, 5) is 0. The van der Waals surface area contributed by atoms with Crippen molar-refractivity contribution in [3.05, 3.63) is 29.3 Å². The number of rotatable bonds is 3. The molecule has 3 aliphatic carbocycles. The van der Waals surface area contributed by atoms with Crippen LogP contribution in [0.25, 0.3) is 0 Å². The van der Waals surface area contributed by atoms with Crippen molar-refractivity contribution in [3.63, 3.8) is 0 Å². The largest absolute Gasteiger partial charge is 0.493 e. The van der Waals surface area contributed by atoms with Gasteiger partial charge in [0.2, 0.25) is 0 Å². The van der Waals surface area contributed by atoms with E-state index in [0.717, 1.165) is 54.9 Å². The molecule has 1 N–H and O–H groups in total. The van der Waals surface area contributed by atoms with Crippen LogP contribution in [0.4, 0.5) is 0 Å². The molecule has 0 spiro atoms. The molecular formula is C18H24O2. The number of aryl methyl sites for hydroxylation is 1. The third-order valence-corrected chi connectivity index (χ3v) is 5.75. The summed E-state index contributed by atoms with van der Waals surface area (Å²) in [5, 5.41) is 10.1. The minimum absolute atomic E-state index is 0.287. The highest BCUT2D eigenvalue weighted by Crippen LogP contribution is 2.48. The molecule has 0 radical (unpaired) electrons. The molecule has 0 aliphatic heterocycles. The van der Waals surface area contributed by atoms with Gasteiger partial charge in [0.25, 0.3) is 0 Å². The van der Waals surface area contributed by atoms with E-state index in [4.69, 9.17) is 4.74 Å². The highest BCUT2D eigenvalue weighted by Gasteiger charge is 2.39. The van der Waals surface area contributed by atoms with Gasteiger partial charge >= 0.3 is 0 Å². The lowest BCUT2D eigenvalue weighted by Gasteiger charge is -2.24. The van der Waals surface area contributed by atoms with Crippen molar-refractivity contribution < 1.29 is 9.84 Å². The molecule has 4 atom stereocenters. The number of hydrogen-bond donors (Lipinski definition) is 1. The Morgan fingerprint density at radius 3 is 2.90 bits per heavy atom. The van der Waals surface area contributed by atoms with Gasteiger partial charge in [0.1, 0.15) is 5.75 Å². The monoisotopic (exact) mass is 272 g/mol. The molecule has 2 bridgehead atoms. The molecule has 0 saturated heterocycles. The Labute approximate surface area is 121 Å². The smallest absolute Gasteiger partial charge is 0.119 e. The number of ether oxygens (including phenoxy) is 1. The van der Waals surface area contributed by atoms with E-state index in [9.17, 15) is 5.11 Å². The zero-order valence-electron chi connectivity index (χ0n) is 12.1. The van der Waals surface area contributed by atoms with Gasteiger partial charge < -0.3 is 9.84 Å². The second kappa shape index (κ2) is 5.07. The zero-order chi connectivity index (χ0) is 13.5. The third-order valence-electron chi connectivity index (χ3n) is 5.75. The predicted molar refractivity (Wildman–Crippen MR) is 78.8 cm³/mol. The van der Waals surface area contributed by atoms with Gasteiger partial charge in [0, 0.05) is 0 Å². The summed E-state index contributed by atoms with van der Waals surface area (Å²) in [5.74, 6) is 3.63. The minimum Gasteiger partial charge on any atom is -0.493 e. The summed E-state index contributed by atoms with van der Waals surface area (Å²) in [5.41, 5.74) is 2.40. The molecule has 1 aromatic carbocycles. The Hall–Kier alpha value is -1.02. The first-order valence-electron chi connectivity index (χ1n) is 8.23. The van der Waals surface area contributed by atoms with Crippen molar-refractivity contribution in [2.75, 3.05) is 6.61 Å². The molecule has 2 saturated carbocycles. The van der Waals surface area contributed by atoms with Crippen LogP contribution in [0.2, 0.25) is 0 Å². The normalized spacial score (nSPS) is 35.0. The molecule has 3 aliphatic rings. The molecule has 1 aromatic rings. The van der Waals surface area contributed by atoms with Gasteiger partial charge in [-0.1, -0.05) is 12.5 Å². The number of aliphatic hydroxyl groups is 1. The Morgan fingerprint density at radius 1 is 1.15 bits per heavy atom. The molecule has 2 fully saturated rings. The fourth-order valence-electron chi connectivity index (χ4n) is 4.63. The van der Waals surface area contributed by atoms with E-state index in [1.54, 1.807) is 0 Å². The van der Waals surface area contributed by atoms with Gasteiger partial charge in [-0.2, -0.15) is 0 Å². The van der Waals surface area contributed by atoms with Crippen molar-refractivity contribution in [2.45, 2.75) is 51.0 Å². The second-order valence-electron chi connectivity index (χ2n) is 7.01. The number of aliphatic hydroxyl groups excluding tert-OH is 1. The van der Waals surface area contributed by atoms with Crippen molar-refractivity contribution in [2.24, 2.45) is 17.8 Å². The van der Waals surface area contributed by atoms with Crippen LogP contribution in [0.5, 0.6) is 5.75 Å². The van der Waals surface area contributed by atoms with E-state index in [1.807, 2.05) is 0 Å². The first-order chi connectivity index (χ1) is 9.79. The molecule has 0 aromatic heterocycles. The summed E-state index contributed by atoms with van der Waals surface area (Å²) >= 11 is 0. The van der Waals surface area contributed by atoms with Crippen LogP contribution in [0, 0.1) is 17.8 Å². The molecule has 2 heteroatoms. The molecule has 4 unspecified atom stereocenters. The SMILES string of the molecule is OC1CCCc2ccc(OCC3CC4CCC3C4)cc21. The zero-order valence-corrected chi connectivity index (χ0v) is 12.1. The summed E-state index contributed by atoms with van der Waals surface area (Å²) in [6.07, 6.45) is 8.48. The van der Waals surface area contributed by atoms with Gasteiger partial charge in [-0.15, -0.1) is 0 Å². The van der Waals surface area contributed by atoms with Crippen LogP contribution in [-0.4, -0.2) is 11.7 Å². The Kier molecular flexibility index (Phi) is 3.22. The van der Waals surface area contributed by atoms with Gasteiger partial charge in [-0.25, -0.2) is 0 Å². The van der Waals surface area contributed by atoms with E-state index >= 15 is 0 Å². The van der Waals surface area contributed by atoms with Crippen LogP contribution in [0.1, 0.15) is 55.8 Å². The minimum atomic E-state index is -0.287. The fourth-order valence-corrected chi connectivity index (χ4v) is 4.63. The van der Waals surface area contributed by atoms with Crippen molar-refractivity contribution in [1.82, 2.24) is 0 Å². The maximum Gasteiger partial charge on any atom is 0.119 e. The van der Waals surface area contributed by atoms with E-state index in [-0.39, 0.29) is 6.10 Å². The van der Waals surface area contributed by atoms with E-state index < -0.39 is 0 Å². The Morgan fingerprint density at radius 2 is 2.10 bits per heavy atom. The van der Waals surface area contributed by atoms with Crippen LogP contribution in [0.15, 0.2) is 18.2 Å². The lowest BCUT2D eigenvalue weighted by Crippen LogP contribution is -2.18. The van der Waals surface area contributed by atoms with Gasteiger partial charge in [0.15, 0.2) is 0 Å². The average Bonchev–Trinajstić information content (AvgIpc) is 3.08. The maximum absolute atomic E-state index is 10.1. The van der Waals surface area contributed by atoms with E-state index in [2.05, 4.69) is 18.2 Å². The predicted octanol–water partition coefficient (Wildman–Crippen LogP) is 3.87. The molecule has 20 heavy (non-hydrogen) atoms. The lowest BCUT2D eigenvalue weighted by atomic mass is 9.89. The molecule has 108 valence electrons. The third kappa shape index (κ3) is 2.24. The van der Waals surface area contributed by atoms with Crippen molar-refractivity contribution in [1.29, 1.82) is 0 Å². The van der Waals surface area contributed by atoms with Crippen molar-refractivity contribution >= 4 is 0 Å².